The molecule has 1 atom stereocenters. The topological polar surface area (TPSA) is 45.1 Å². The Hall–Kier alpha value is -1.71. The molecule has 1 heterocycles. The highest BCUT2D eigenvalue weighted by Crippen LogP contribution is 2.39. The second-order valence-electron chi connectivity index (χ2n) is 6.15. The molecule has 0 saturated heterocycles. The van der Waals surface area contributed by atoms with E-state index in [1.807, 2.05) is 12.3 Å². The third kappa shape index (κ3) is 3.31. The maximum Gasteiger partial charge on any atom is 0.0613 e. The molecular formula is C18H22N2O. The summed E-state index contributed by atoms with van der Waals surface area (Å²) in [5, 5.41) is 13.2. The Morgan fingerprint density at radius 1 is 1.24 bits per heavy atom. The van der Waals surface area contributed by atoms with Crippen molar-refractivity contribution < 1.29 is 5.11 Å². The molecule has 0 radical (unpaired) electrons. The minimum atomic E-state index is -0.149. The average Bonchev–Trinajstić information content (AvgIpc) is 3.39. The van der Waals surface area contributed by atoms with Crippen LogP contribution in [0, 0.1) is 5.92 Å². The molecular weight excluding hydrogens is 260 g/mol. The molecule has 21 heavy (non-hydrogen) atoms. The molecule has 2 aromatic rings. The molecule has 1 aliphatic carbocycles. The van der Waals surface area contributed by atoms with Gasteiger partial charge in [0, 0.05) is 24.5 Å². The van der Waals surface area contributed by atoms with Gasteiger partial charge in [-0.15, -0.1) is 0 Å². The van der Waals surface area contributed by atoms with Gasteiger partial charge in [-0.25, -0.2) is 0 Å². The summed E-state index contributed by atoms with van der Waals surface area (Å²) in [5.74, 6) is 0.615. The van der Waals surface area contributed by atoms with Crippen molar-refractivity contribution in [1.29, 1.82) is 0 Å². The van der Waals surface area contributed by atoms with Crippen LogP contribution in [0.3, 0.4) is 0 Å². The van der Waals surface area contributed by atoms with Crippen molar-refractivity contribution in [2.75, 3.05) is 6.61 Å². The minimum absolute atomic E-state index is 0.149. The lowest BCUT2D eigenvalue weighted by atomic mass is 9.96. The predicted octanol–water partition coefficient (Wildman–Crippen LogP) is 3.00. The first-order valence-electron chi connectivity index (χ1n) is 7.56. The number of aromatic nitrogens is 1. The van der Waals surface area contributed by atoms with Gasteiger partial charge in [0.2, 0.25) is 0 Å². The van der Waals surface area contributed by atoms with E-state index in [1.165, 1.54) is 24.0 Å². The fourth-order valence-corrected chi connectivity index (χ4v) is 2.75. The Kier molecular flexibility index (Phi) is 4.04. The van der Waals surface area contributed by atoms with Gasteiger partial charge in [-0.1, -0.05) is 24.3 Å². The van der Waals surface area contributed by atoms with Crippen molar-refractivity contribution in [2.45, 2.75) is 31.8 Å². The monoisotopic (exact) mass is 282 g/mol. The highest BCUT2D eigenvalue weighted by atomic mass is 16.3. The molecule has 1 saturated carbocycles. The first-order chi connectivity index (χ1) is 10.2. The number of rotatable bonds is 6. The maximum atomic E-state index is 9.64. The molecule has 1 aromatic carbocycles. The van der Waals surface area contributed by atoms with Crippen LogP contribution >= 0.6 is 0 Å². The zero-order valence-corrected chi connectivity index (χ0v) is 12.4. The molecule has 3 rings (SSSR count). The first kappa shape index (κ1) is 14.2. The Morgan fingerprint density at radius 2 is 2.05 bits per heavy atom. The zero-order chi connectivity index (χ0) is 14.7. The molecule has 0 aliphatic heterocycles. The second kappa shape index (κ2) is 5.96. The third-order valence-corrected chi connectivity index (χ3v) is 4.43. The van der Waals surface area contributed by atoms with E-state index in [2.05, 4.69) is 47.6 Å². The van der Waals surface area contributed by atoms with Crippen molar-refractivity contribution in [3.63, 3.8) is 0 Å². The Balaban J connectivity index is 1.72. The molecule has 1 unspecified atom stereocenters. The summed E-state index contributed by atoms with van der Waals surface area (Å²) in [5.41, 5.74) is 3.40. The lowest BCUT2D eigenvalue weighted by Crippen LogP contribution is -2.47. The fraction of sp³-hybridized carbons (Fsp3) is 0.389. The molecule has 1 aromatic heterocycles. The molecule has 1 aliphatic rings. The lowest BCUT2D eigenvalue weighted by molar-refractivity contribution is 0.153. The van der Waals surface area contributed by atoms with Crippen LogP contribution < -0.4 is 5.32 Å². The van der Waals surface area contributed by atoms with Crippen LogP contribution in [0.15, 0.2) is 48.8 Å². The number of hydrogen-bond acceptors (Lipinski definition) is 3. The number of benzene rings is 1. The largest absolute Gasteiger partial charge is 0.394 e. The fourth-order valence-electron chi connectivity index (χ4n) is 2.75. The van der Waals surface area contributed by atoms with E-state index in [9.17, 15) is 5.11 Å². The predicted molar refractivity (Wildman–Crippen MR) is 84.7 cm³/mol. The van der Waals surface area contributed by atoms with Crippen LogP contribution in [0.2, 0.25) is 0 Å². The van der Waals surface area contributed by atoms with Gasteiger partial charge < -0.3 is 10.4 Å². The number of nitrogens with zero attached hydrogens (tertiary/aromatic N) is 1. The Bertz CT molecular complexity index is 595. The van der Waals surface area contributed by atoms with Gasteiger partial charge in [0.25, 0.3) is 0 Å². The van der Waals surface area contributed by atoms with E-state index in [-0.39, 0.29) is 12.1 Å². The third-order valence-electron chi connectivity index (χ3n) is 4.43. The molecule has 3 heteroatoms. The summed E-state index contributed by atoms with van der Waals surface area (Å²) in [4.78, 5) is 4.17. The van der Waals surface area contributed by atoms with Crippen molar-refractivity contribution in [1.82, 2.24) is 10.3 Å². The zero-order valence-electron chi connectivity index (χ0n) is 12.4. The Morgan fingerprint density at radius 3 is 2.71 bits per heavy atom. The van der Waals surface area contributed by atoms with Gasteiger partial charge in [-0.05, 0) is 54.5 Å². The van der Waals surface area contributed by atoms with Gasteiger partial charge in [0.15, 0.2) is 0 Å². The standard InChI is InChI=1S/C18H22N2O/c1-18(13-21,17-7-8-17)20-11-14-4-2-5-15(10-14)16-6-3-9-19-12-16/h2-6,9-10,12,17,20-21H,7-8,11,13H2,1H3. The van der Waals surface area contributed by atoms with Crippen LogP contribution in [0.5, 0.6) is 0 Å². The van der Waals surface area contributed by atoms with Gasteiger partial charge in [-0.2, -0.15) is 0 Å². The van der Waals surface area contributed by atoms with E-state index in [1.54, 1.807) is 6.20 Å². The lowest BCUT2D eigenvalue weighted by Gasteiger charge is -2.29. The summed E-state index contributed by atoms with van der Waals surface area (Å²) in [6, 6.07) is 12.5. The SMILES string of the molecule is CC(CO)(NCc1cccc(-c2cccnc2)c1)C1CC1. The van der Waals surface area contributed by atoms with Crippen molar-refractivity contribution in [3.8, 4) is 11.1 Å². The summed E-state index contributed by atoms with van der Waals surface area (Å²) >= 11 is 0. The van der Waals surface area contributed by atoms with Crippen molar-refractivity contribution >= 4 is 0 Å². The summed E-state index contributed by atoms with van der Waals surface area (Å²) in [7, 11) is 0. The summed E-state index contributed by atoms with van der Waals surface area (Å²) < 4.78 is 0. The second-order valence-corrected chi connectivity index (χ2v) is 6.15. The molecule has 3 nitrogen and oxygen atoms in total. The number of aliphatic hydroxyl groups excluding tert-OH is 1. The number of pyridine rings is 1. The van der Waals surface area contributed by atoms with E-state index in [0.29, 0.717) is 5.92 Å². The Labute approximate surface area is 126 Å². The highest BCUT2D eigenvalue weighted by molar-refractivity contribution is 5.62. The van der Waals surface area contributed by atoms with Crippen LogP contribution in [0.4, 0.5) is 0 Å². The quantitative estimate of drug-likeness (QED) is 0.856. The summed E-state index contributed by atoms with van der Waals surface area (Å²) in [6.45, 7) is 3.09. The van der Waals surface area contributed by atoms with Crippen LogP contribution in [0.1, 0.15) is 25.3 Å². The van der Waals surface area contributed by atoms with Gasteiger partial charge in [0.05, 0.1) is 6.61 Å². The molecule has 2 N–H and O–H groups in total. The highest BCUT2D eigenvalue weighted by Gasteiger charge is 2.40. The number of hydrogen-bond donors (Lipinski definition) is 2. The van der Waals surface area contributed by atoms with Gasteiger partial charge in [-0.3, -0.25) is 4.98 Å². The number of aliphatic hydroxyl groups is 1. The molecule has 1 fully saturated rings. The van der Waals surface area contributed by atoms with E-state index in [4.69, 9.17) is 0 Å². The minimum Gasteiger partial charge on any atom is -0.394 e. The van der Waals surface area contributed by atoms with E-state index in [0.717, 1.165) is 12.1 Å². The van der Waals surface area contributed by atoms with Crippen LogP contribution in [-0.2, 0) is 6.54 Å². The molecule has 0 spiro atoms. The van der Waals surface area contributed by atoms with Crippen LogP contribution in [-0.4, -0.2) is 22.2 Å². The first-order valence-corrected chi connectivity index (χ1v) is 7.56. The average molecular weight is 282 g/mol. The van der Waals surface area contributed by atoms with E-state index < -0.39 is 0 Å². The van der Waals surface area contributed by atoms with E-state index >= 15 is 0 Å². The van der Waals surface area contributed by atoms with Gasteiger partial charge >= 0.3 is 0 Å². The normalized spacial score (nSPS) is 17.4. The molecule has 110 valence electrons. The van der Waals surface area contributed by atoms with Gasteiger partial charge in [0.1, 0.15) is 0 Å². The molecule has 0 amide bonds. The van der Waals surface area contributed by atoms with Crippen molar-refractivity contribution in [3.05, 3.63) is 54.4 Å². The summed E-state index contributed by atoms with van der Waals surface area (Å²) in [6.07, 6.45) is 6.12. The smallest absolute Gasteiger partial charge is 0.0613 e. The molecule has 0 bridgehead atoms. The van der Waals surface area contributed by atoms with Crippen molar-refractivity contribution in [2.24, 2.45) is 5.92 Å². The van der Waals surface area contributed by atoms with Crippen LogP contribution in [0.25, 0.3) is 11.1 Å². The number of nitrogens with one attached hydrogen (secondary N) is 1. The maximum absolute atomic E-state index is 9.64.